The second kappa shape index (κ2) is 2.70. The molecule has 0 spiro atoms. The minimum atomic E-state index is 0.195. The Labute approximate surface area is 92.4 Å². The van der Waals surface area contributed by atoms with Crippen LogP contribution in [0.4, 0.5) is 5.82 Å². The molecule has 0 aromatic carbocycles. The molecule has 2 aromatic heterocycles. The highest BCUT2D eigenvalue weighted by atomic mass is 32.1. The van der Waals surface area contributed by atoms with Crippen molar-refractivity contribution in [3.05, 3.63) is 16.8 Å². The topological polar surface area (TPSA) is 51.8 Å². The number of anilines is 1. The van der Waals surface area contributed by atoms with Crippen molar-refractivity contribution in [2.75, 3.05) is 5.73 Å². The van der Waals surface area contributed by atoms with Crippen molar-refractivity contribution in [3.63, 3.8) is 0 Å². The van der Waals surface area contributed by atoms with E-state index in [1.807, 2.05) is 0 Å². The Morgan fingerprint density at radius 3 is 2.80 bits per heavy atom. The zero-order valence-electron chi connectivity index (χ0n) is 8.87. The maximum absolute atomic E-state index is 5.95. The third kappa shape index (κ3) is 1.32. The Bertz CT molecular complexity index is 540. The fraction of sp³-hybridized carbons (Fsp3) is 0.455. The SMILES string of the molecule is Cc1cc2c(N)nc(C3(C)CC3)nc2s1. The lowest BCUT2D eigenvalue weighted by atomic mass is 10.1. The standard InChI is InChI=1S/C11H13N3S/c1-6-5-7-8(12)13-10(11(2)3-4-11)14-9(7)15-6/h5H,3-4H2,1-2H3,(H2,12,13,14). The van der Waals surface area contributed by atoms with Gasteiger partial charge in [-0.25, -0.2) is 9.97 Å². The first-order chi connectivity index (χ1) is 7.08. The Hall–Kier alpha value is -1.16. The number of rotatable bonds is 1. The molecule has 3 nitrogen and oxygen atoms in total. The number of nitrogens with two attached hydrogens (primary N) is 1. The Kier molecular flexibility index (Phi) is 1.63. The van der Waals surface area contributed by atoms with Crippen molar-refractivity contribution in [2.45, 2.75) is 32.1 Å². The molecule has 4 heteroatoms. The summed E-state index contributed by atoms with van der Waals surface area (Å²) in [7, 11) is 0. The van der Waals surface area contributed by atoms with Gasteiger partial charge in [0.15, 0.2) is 0 Å². The molecule has 1 aliphatic rings. The fourth-order valence-electron chi connectivity index (χ4n) is 1.75. The van der Waals surface area contributed by atoms with Gasteiger partial charge in [-0.3, -0.25) is 0 Å². The van der Waals surface area contributed by atoms with E-state index in [2.05, 4.69) is 29.9 Å². The van der Waals surface area contributed by atoms with E-state index in [1.165, 1.54) is 17.7 Å². The van der Waals surface area contributed by atoms with E-state index in [1.54, 1.807) is 11.3 Å². The van der Waals surface area contributed by atoms with Crippen LogP contribution in [0.25, 0.3) is 10.2 Å². The van der Waals surface area contributed by atoms with E-state index in [-0.39, 0.29) is 5.41 Å². The molecule has 0 aliphatic heterocycles. The molecule has 15 heavy (non-hydrogen) atoms. The summed E-state index contributed by atoms with van der Waals surface area (Å²) in [5.74, 6) is 1.56. The van der Waals surface area contributed by atoms with Crippen LogP contribution < -0.4 is 5.73 Å². The van der Waals surface area contributed by atoms with Crippen LogP contribution >= 0.6 is 11.3 Å². The molecule has 0 radical (unpaired) electrons. The predicted molar refractivity (Wildman–Crippen MR) is 63.2 cm³/mol. The molecule has 1 aliphatic carbocycles. The fourth-order valence-corrected chi connectivity index (χ4v) is 2.63. The Balaban J connectivity index is 2.26. The van der Waals surface area contributed by atoms with Gasteiger partial charge in [-0.15, -0.1) is 11.3 Å². The molecule has 0 saturated heterocycles. The lowest BCUT2D eigenvalue weighted by molar-refractivity contribution is 0.718. The largest absolute Gasteiger partial charge is 0.383 e. The summed E-state index contributed by atoms with van der Waals surface area (Å²) < 4.78 is 0. The number of hydrogen-bond acceptors (Lipinski definition) is 4. The number of hydrogen-bond donors (Lipinski definition) is 1. The molecule has 2 heterocycles. The zero-order chi connectivity index (χ0) is 10.6. The maximum Gasteiger partial charge on any atom is 0.138 e. The summed E-state index contributed by atoms with van der Waals surface area (Å²) in [6.07, 6.45) is 2.37. The van der Waals surface area contributed by atoms with E-state index in [0.29, 0.717) is 5.82 Å². The number of aromatic nitrogens is 2. The van der Waals surface area contributed by atoms with Crippen LogP contribution in [-0.4, -0.2) is 9.97 Å². The Morgan fingerprint density at radius 2 is 2.13 bits per heavy atom. The summed E-state index contributed by atoms with van der Waals surface area (Å²) in [5.41, 5.74) is 6.15. The molecule has 78 valence electrons. The third-order valence-electron chi connectivity index (χ3n) is 3.09. The van der Waals surface area contributed by atoms with E-state index in [0.717, 1.165) is 16.0 Å². The van der Waals surface area contributed by atoms with Crippen LogP contribution in [0.15, 0.2) is 6.07 Å². The smallest absolute Gasteiger partial charge is 0.138 e. The second-order valence-corrected chi connectivity index (χ2v) is 5.80. The van der Waals surface area contributed by atoms with Gasteiger partial charge in [0.1, 0.15) is 16.5 Å². The predicted octanol–water partition coefficient (Wildman–Crippen LogP) is 2.63. The van der Waals surface area contributed by atoms with Crippen molar-refractivity contribution >= 4 is 27.4 Å². The van der Waals surface area contributed by atoms with Crippen molar-refractivity contribution in [1.29, 1.82) is 0 Å². The van der Waals surface area contributed by atoms with Crippen molar-refractivity contribution in [1.82, 2.24) is 9.97 Å². The zero-order valence-corrected chi connectivity index (χ0v) is 9.69. The van der Waals surface area contributed by atoms with Crippen LogP contribution in [0.3, 0.4) is 0 Å². The molecule has 0 atom stereocenters. The van der Waals surface area contributed by atoms with Crippen LogP contribution in [0.5, 0.6) is 0 Å². The summed E-state index contributed by atoms with van der Waals surface area (Å²) >= 11 is 1.69. The number of nitrogen functional groups attached to an aromatic ring is 1. The molecule has 2 aromatic rings. The Morgan fingerprint density at radius 1 is 1.40 bits per heavy atom. The first kappa shape index (κ1) is 9.09. The monoisotopic (exact) mass is 219 g/mol. The molecular formula is C11H13N3S. The van der Waals surface area contributed by atoms with E-state index in [4.69, 9.17) is 5.73 Å². The van der Waals surface area contributed by atoms with Crippen LogP contribution in [0, 0.1) is 6.92 Å². The lowest BCUT2D eigenvalue weighted by Gasteiger charge is -2.07. The number of aryl methyl sites for hydroxylation is 1. The average Bonchev–Trinajstić information content (AvgIpc) is 2.79. The van der Waals surface area contributed by atoms with Gasteiger partial charge in [-0.05, 0) is 25.8 Å². The van der Waals surface area contributed by atoms with Crippen molar-refractivity contribution in [3.8, 4) is 0 Å². The molecule has 1 fully saturated rings. The third-order valence-corrected chi connectivity index (χ3v) is 4.03. The first-order valence-electron chi connectivity index (χ1n) is 5.13. The van der Waals surface area contributed by atoms with E-state index < -0.39 is 0 Å². The highest BCUT2D eigenvalue weighted by Gasteiger charge is 2.42. The molecular weight excluding hydrogens is 206 g/mol. The average molecular weight is 219 g/mol. The van der Waals surface area contributed by atoms with Crippen LogP contribution in [0.1, 0.15) is 30.5 Å². The van der Waals surface area contributed by atoms with Gasteiger partial charge >= 0.3 is 0 Å². The lowest BCUT2D eigenvalue weighted by Crippen LogP contribution is -2.08. The second-order valence-electron chi connectivity index (χ2n) is 4.57. The minimum absolute atomic E-state index is 0.195. The van der Waals surface area contributed by atoms with Gasteiger partial charge in [0.2, 0.25) is 0 Å². The summed E-state index contributed by atoms with van der Waals surface area (Å²) in [5, 5.41) is 1.01. The number of nitrogens with zero attached hydrogens (tertiary/aromatic N) is 2. The minimum Gasteiger partial charge on any atom is -0.383 e. The van der Waals surface area contributed by atoms with Gasteiger partial charge in [0, 0.05) is 10.3 Å². The number of thiophene rings is 1. The van der Waals surface area contributed by atoms with Gasteiger partial charge in [-0.2, -0.15) is 0 Å². The molecule has 0 bridgehead atoms. The highest BCUT2D eigenvalue weighted by molar-refractivity contribution is 7.18. The first-order valence-corrected chi connectivity index (χ1v) is 5.94. The van der Waals surface area contributed by atoms with E-state index in [9.17, 15) is 0 Å². The van der Waals surface area contributed by atoms with Gasteiger partial charge in [0.05, 0.1) is 5.39 Å². The van der Waals surface area contributed by atoms with Crippen molar-refractivity contribution in [2.24, 2.45) is 0 Å². The summed E-state index contributed by atoms with van der Waals surface area (Å²) in [6.45, 7) is 4.28. The van der Waals surface area contributed by atoms with E-state index >= 15 is 0 Å². The summed E-state index contributed by atoms with van der Waals surface area (Å²) in [4.78, 5) is 11.3. The van der Waals surface area contributed by atoms with Gasteiger partial charge in [-0.1, -0.05) is 6.92 Å². The molecule has 0 amide bonds. The molecule has 1 saturated carbocycles. The van der Waals surface area contributed by atoms with Gasteiger partial charge < -0.3 is 5.73 Å². The molecule has 3 rings (SSSR count). The quantitative estimate of drug-likeness (QED) is 0.802. The maximum atomic E-state index is 5.95. The normalized spacial score (nSPS) is 18.3. The number of fused-ring (bicyclic) bond motifs is 1. The molecule has 2 N–H and O–H groups in total. The van der Waals surface area contributed by atoms with Crippen LogP contribution in [0.2, 0.25) is 0 Å². The summed E-state index contributed by atoms with van der Waals surface area (Å²) in [6, 6.07) is 2.06. The van der Waals surface area contributed by atoms with Gasteiger partial charge in [0.25, 0.3) is 0 Å². The highest BCUT2D eigenvalue weighted by Crippen LogP contribution is 2.46. The molecule has 0 unspecified atom stereocenters. The van der Waals surface area contributed by atoms with Crippen molar-refractivity contribution < 1.29 is 0 Å². The van der Waals surface area contributed by atoms with Crippen LogP contribution in [-0.2, 0) is 5.41 Å².